The number of rotatable bonds is 7. The van der Waals surface area contributed by atoms with Crippen molar-refractivity contribution in [1.29, 1.82) is 0 Å². The van der Waals surface area contributed by atoms with Gasteiger partial charge in [-0.1, -0.05) is 18.9 Å². The van der Waals surface area contributed by atoms with Gasteiger partial charge in [-0.15, -0.1) is 0 Å². The number of nitrogens with one attached hydrogen (secondary N) is 1. The lowest BCUT2D eigenvalue weighted by Crippen LogP contribution is -2.14. The summed E-state index contributed by atoms with van der Waals surface area (Å²) in [5, 5.41) is 13.2. The minimum absolute atomic E-state index is 0.00505. The highest BCUT2D eigenvalue weighted by Gasteiger charge is 2.19. The van der Waals surface area contributed by atoms with E-state index >= 15 is 0 Å². The van der Waals surface area contributed by atoms with E-state index in [1.165, 1.54) is 25.7 Å². The van der Waals surface area contributed by atoms with Crippen molar-refractivity contribution in [2.45, 2.75) is 32.2 Å². The molecule has 0 spiro atoms. The molecule has 2 N–H and O–H groups in total. The lowest BCUT2D eigenvalue weighted by atomic mass is 10.1. The molecule has 1 fully saturated rings. The highest BCUT2D eigenvalue weighted by molar-refractivity contribution is 5.91. The predicted octanol–water partition coefficient (Wildman–Crippen LogP) is 3.41. The minimum atomic E-state index is -1.03. The molecule has 3 rings (SSSR count). The Morgan fingerprint density at radius 2 is 2.20 bits per heavy atom. The Kier molecular flexibility index (Phi) is 3.74. The SMILES string of the molecule is O=C(O)c1cc2cc(CNCCCC3CC3)ccc2o1. The molecule has 1 heterocycles. The van der Waals surface area contributed by atoms with Crippen molar-refractivity contribution >= 4 is 16.9 Å². The summed E-state index contributed by atoms with van der Waals surface area (Å²) in [5.74, 6) is -0.0380. The van der Waals surface area contributed by atoms with Crippen LogP contribution in [0.1, 0.15) is 41.8 Å². The predicted molar refractivity (Wildman–Crippen MR) is 76.8 cm³/mol. The van der Waals surface area contributed by atoms with Crippen molar-refractivity contribution in [1.82, 2.24) is 5.32 Å². The number of benzene rings is 1. The number of carbonyl (C=O) groups is 1. The normalized spacial score (nSPS) is 14.8. The number of aromatic carboxylic acids is 1. The van der Waals surface area contributed by atoms with Crippen molar-refractivity contribution < 1.29 is 14.3 Å². The van der Waals surface area contributed by atoms with Gasteiger partial charge >= 0.3 is 5.97 Å². The molecule has 0 atom stereocenters. The summed E-state index contributed by atoms with van der Waals surface area (Å²) in [5.41, 5.74) is 1.78. The lowest BCUT2D eigenvalue weighted by molar-refractivity contribution is 0.0665. The van der Waals surface area contributed by atoms with Crippen LogP contribution in [0.3, 0.4) is 0 Å². The molecule has 2 aromatic rings. The third-order valence-electron chi connectivity index (χ3n) is 3.78. The van der Waals surface area contributed by atoms with Crippen LogP contribution in [0.5, 0.6) is 0 Å². The van der Waals surface area contributed by atoms with Crippen molar-refractivity contribution in [3.63, 3.8) is 0 Å². The average Bonchev–Trinajstić information content (AvgIpc) is 3.15. The van der Waals surface area contributed by atoms with E-state index in [0.29, 0.717) is 5.58 Å². The molecule has 20 heavy (non-hydrogen) atoms. The zero-order valence-electron chi connectivity index (χ0n) is 11.4. The molecule has 0 amide bonds. The first-order valence-electron chi connectivity index (χ1n) is 7.19. The molecule has 4 heteroatoms. The Labute approximate surface area is 117 Å². The van der Waals surface area contributed by atoms with Gasteiger partial charge in [0.25, 0.3) is 0 Å². The third kappa shape index (κ3) is 3.20. The van der Waals surface area contributed by atoms with Gasteiger partial charge in [0.05, 0.1) is 0 Å². The summed E-state index contributed by atoms with van der Waals surface area (Å²) in [7, 11) is 0. The van der Waals surface area contributed by atoms with Gasteiger partial charge < -0.3 is 14.8 Å². The van der Waals surface area contributed by atoms with Crippen molar-refractivity contribution in [2.75, 3.05) is 6.54 Å². The second-order valence-electron chi connectivity index (χ2n) is 5.55. The maximum absolute atomic E-state index is 10.9. The molecule has 0 saturated heterocycles. The van der Waals surface area contributed by atoms with E-state index in [2.05, 4.69) is 5.32 Å². The molecule has 1 aromatic heterocycles. The topological polar surface area (TPSA) is 62.5 Å². The Bertz CT molecular complexity index is 613. The van der Waals surface area contributed by atoms with Crippen molar-refractivity contribution in [3.8, 4) is 0 Å². The smallest absolute Gasteiger partial charge is 0.371 e. The first-order valence-corrected chi connectivity index (χ1v) is 7.19. The number of hydrogen-bond donors (Lipinski definition) is 2. The molecule has 0 unspecified atom stereocenters. The van der Waals surface area contributed by atoms with Gasteiger partial charge in [-0.3, -0.25) is 0 Å². The van der Waals surface area contributed by atoms with E-state index in [0.717, 1.165) is 30.0 Å². The quantitative estimate of drug-likeness (QED) is 0.759. The monoisotopic (exact) mass is 273 g/mol. The van der Waals surface area contributed by atoms with Gasteiger partial charge in [0, 0.05) is 11.9 Å². The summed E-state index contributed by atoms with van der Waals surface area (Å²) in [6.45, 7) is 1.86. The van der Waals surface area contributed by atoms with Crippen LogP contribution in [0, 0.1) is 5.92 Å². The van der Waals surface area contributed by atoms with Crippen LogP contribution in [-0.2, 0) is 6.54 Å². The molecular formula is C16H19NO3. The largest absolute Gasteiger partial charge is 0.475 e. The lowest BCUT2D eigenvalue weighted by Gasteiger charge is -2.04. The van der Waals surface area contributed by atoms with E-state index in [9.17, 15) is 4.79 Å². The molecule has 1 aliphatic rings. The second-order valence-corrected chi connectivity index (χ2v) is 5.55. The fraction of sp³-hybridized carbons (Fsp3) is 0.438. The van der Waals surface area contributed by atoms with Crippen LogP contribution >= 0.6 is 0 Å². The number of carboxylic acid groups (broad SMARTS) is 1. The first kappa shape index (κ1) is 13.2. The van der Waals surface area contributed by atoms with Gasteiger partial charge in [-0.2, -0.15) is 0 Å². The van der Waals surface area contributed by atoms with Crippen molar-refractivity contribution in [3.05, 3.63) is 35.6 Å². The Morgan fingerprint density at radius 3 is 2.95 bits per heavy atom. The van der Waals surface area contributed by atoms with Gasteiger partial charge in [-0.05, 0) is 49.1 Å². The summed E-state index contributed by atoms with van der Waals surface area (Å²) < 4.78 is 5.24. The van der Waals surface area contributed by atoms with Gasteiger partial charge in [0.15, 0.2) is 0 Å². The van der Waals surface area contributed by atoms with Crippen LogP contribution < -0.4 is 5.32 Å². The van der Waals surface area contributed by atoms with Crippen LogP contribution in [0.25, 0.3) is 11.0 Å². The maximum Gasteiger partial charge on any atom is 0.371 e. The third-order valence-corrected chi connectivity index (χ3v) is 3.78. The van der Waals surface area contributed by atoms with Gasteiger partial charge in [0.2, 0.25) is 5.76 Å². The van der Waals surface area contributed by atoms with Crippen LogP contribution in [-0.4, -0.2) is 17.6 Å². The van der Waals surface area contributed by atoms with E-state index in [1.807, 2.05) is 18.2 Å². The highest BCUT2D eigenvalue weighted by atomic mass is 16.4. The number of furan rings is 1. The Balaban J connectivity index is 1.55. The van der Waals surface area contributed by atoms with E-state index in [1.54, 1.807) is 6.07 Å². The molecule has 106 valence electrons. The number of fused-ring (bicyclic) bond motifs is 1. The first-order chi connectivity index (χ1) is 9.72. The zero-order chi connectivity index (χ0) is 13.9. The molecule has 4 nitrogen and oxygen atoms in total. The molecule has 0 bridgehead atoms. The van der Waals surface area contributed by atoms with Gasteiger partial charge in [0.1, 0.15) is 5.58 Å². The second kappa shape index (κ2) is 5.67. The van der Waals surface area contributed by atoms with Crippen LogP contribution in [0.15, 0.2) is 28.7 Å². The number of carboxylic acids is 1. The molecule has 0 radical (unpaired) electrons. The standard InChI is InChI=1S/C16H19NO3/c18-16(19)15-9-13-8-12(5-6-14(13)20-15)10-17-7-1-2-11-3-4-11/h5-6,8-9,11,17H,1-4,7,10H2,(H,18,19). The highest BCUT2D eigenvalue weighted by Crippen LogP contribution is 2.33. The molecule has 1 aliphatic carbocycles. The molecule has 1 aromatic carbocycles. The molecular weight excluding hydrogens is 254 g/mol. The summed E-state index contributed by atoms with van der Waals surface area (Å²) >= 11 is 0. The van der Waals surface area contributed by atoms with E-state index in [-0.39, 0.29) is 5.76 Å². The van der Waals surface area contributed by atoms with Crippen LogP contribution in [0.4, 0.5) is 0 Å². The number of hydrogen-bond acceptors (Lipinski definition) is 3. The molecule has 0 aliphatic heterocycles. The van der Waals surface area contributed by atoms with E-state index < -0.39 is 5.97 Å². The average molecular weight is 273 g/mol. The summed E-state index contributed by atoms with van der Waals surface area (Å²) in [6.07, 6.45) is 5.42. The zero-order valence-corrected chi connectivity index (χ0v) is 11.4. The van der Waals surface area contributed by atoms with Crippen LogP contribution in [0.2, 0.25) is 0 Å². The summed E-state index contributed by atoms with van der Waals surface area (Å²) in [4.78, 5) is 10.9. The minimum Gasteiger partial charge on any atom is -0.475 e. The van der Waals surface area contributed by atoms with Crippen molar-refractivity contribution in [2.24, 2.45) is 5.92 Å². The fourth-order valence-electron chi connectivity index (χ4n) is 2.46. The molecule has 1 saturated carbocycles. The van der Waals surface area contributed by atoms with Gasteiger partial charge in [-0.25, -0.2) is 4.79 Å². The maximum atomic E-state index is 10.9. The Hall–Kier alpha value is -1.81. The van der Waals surface area contributed by atoms with E-state index in [4.69, 9.17) is 9.52 Å². The fourth-order valence-corrected chi connectivity index (χ4v) is 2.46. The Morgan fingerprint density at radius 1 is 1.35 bits per heavy atom. The summed E-state index contributed by atoms with van der Waals surface area (Å²) in [6, 6.07) is 7.38.